The second-order valence-electron chi connectivity index (χ2n) is 5.80. The summed E-state index contributed by atoms with van der Waals surface area (Å²) in [7, 11) is 1.55. The van der Waals surface area contributed by atoms with Gasteiger partial charge < -0.3 is 14.8 Å². The molecule has 0 aromatic heterocycles. The molecular weight excluding hydrogens is 357 g/mol. The quantitative estimate of drug-likeness (QED) is 0.777. The van der Waals surface area contributed by atoms with Gasteiger partial charge >= 0.3 is 6.18 Å². The number of rotatable bonds is 7. The van der Waals surface area contributed by atoms with Crippen molar-refractivity contribution in [3.8, 4) is 11.5 Å². The maximum Gasteiger partial charge on any atom is 0.389 e. The number of benzene rings is 1. The minimum atomic E-state index is -4.15. The van der Waals surface area contributed by atoms with Gasteiger partial charge in [0.05, 0.1) is 13.7 Å². The highest BCUT2D eigenvalue weighted by Gasteiger charge is 2.31. The molecule has 4 nitrogen and oxygen atoms in total. The first-order chi connectivity index (χ1) is 11.4. The van der Waals surface area contributed by atoms with E-state index < -0.39 is 12.6 Å². The van der Waals surface area contributed by atoms with Crippen molar-refractivity contribution < 1.29 is 22.6 Å². The van der Waals surface area contributed by atoms with Crippen molar-refractivity contribution in [3.05, 3.63) is 23.8 Å². The molecule has 1 fully saturated rings. The van der Waals surface area contributed by atoms with Crippen LogP contribution < -0.4 is 14.8 Å². The van der Waals surface area contributed by atoms with E-state index in [-0.39, 0.29) is 24.9 Å². The molecule has 1 aliphatic rings. The van der Waals surface area contributed by atoms with Gasteiger partial charge in [-0.1, -0.05) is 6.07 Å². The fourth-order valence-electron chi connectivity index (χ4n) is 3.02. The Hall–Kier alpha value is -1.18. The number of hydrogen-bond donors (Lipinski definition) is 1. The van der Waals surface area contributed by atoms with Crippen LogP contribution in [0.5, 0.6) is 11.5 Å². The average molecular weight is 383 g/mol. The van der Waals surface area contributed by atoms with E-state index in [2.05, 4.69) is 10.2 Å². The zero-order chi connectivity index (χ0) is 17.6. The number of alkyl halides is 3. The summed E-state index contributed by atoms with van der Waals surface area (Å²) in [5.41, 5.74) is 0.838. The minimum Gasteiger partial charge on any atom is -0.493 e. The third-order valence-electron chi connectivity index (χ3n) is 4.17. The lowest BCUT2D eigenvalue weighted by Gasteiger charge is -2.35. The lowest BCUT2D eigenvalue weighted by molar-refractivity contribution is -0.138. The summed E-state index contributed by atoms with van der Waals surface area (Å²) < 4.78 is 49.1. The molecule has 1 saturated heterocycles. The molecule has 2 rings (SSSR count). The molecule has 8 heteroatoms. The van der Waals surface area contributed by atoms with Gasteiger partial charge in [0, 0.05) is 38.6 Å². The molecule has 0 amide bonds. The smallest absolute Gasteiger partial charge is 0.389 e. The summed E-state index contributed by atoms with van der Waals surface area (Å²) in [6.45, 7) is 5.38. The van der Waals surface area contributed by atoms with Crippen molar-refractivity contribution in [1.82, 2.24) is 10.2 Å². The van der Waals surface area contributed by atoms with Crippen molar-refractivity contribution in [2.45, 2.75) is 32.0 Å². The van der Waals surface area contributed by atoms with E-state index in [9.17, 15) is 13.2 Å². The van der Waals surface area contributed by atoms with Gasteiger partial charge in [-0.15, -0.1) is 12.4 Å². The summed E-state index contributed by atoms with van der Waals surface area (Å²) in [4.78, 5) is 2.11. The summed E-state index contributed by atoms with van der Waals surface area (Å²) in [6, 6.07) is 5.14. The molecular formula is C17H26ClF3N2O2. The Labute approximate surface area is 153 Å². The van der Waals surface area contributed by atoms with Gasteiger partial charge in [0.2, 0.25) is 0 Å². The first kappa shape index (κ1) is 21.9. The van der Waals surface area contributed by atoms with Crippen LogP contribution in [0.25, 0.3) is 0 Å². The van der Waals surface area contributed by atoms with E-state index in [1.807, 2.05) is 19.1 Å². The molecule has 0 unspecified atom stereocenters. The second kappa shape index (κ2) is 10.1. The lowest BCUT2D eigenvalue weighted by Crippen LogP contribution is -2.45. The summed E-state index contributed by atoms with van der Waals surface area (Å²) in [6.07, 6.45) is -4.90. The Bertz CT molecular complexity index is 523. The van der Waals surface area contributed by atoms with Crippen LogP contribution in [0.4, 0.5) is 13.2 Å². The monoisotopic (exact) mass is 382 g/mol. The molecule has 0 bridgehead atoms. The normalized spacial score (nSPS) is 16.8. The molecule has 1 aliphatic heterocycles. The van der Waals surface area contributed by atoms with Crippen molar-refractivity contribution >= 4 is 12.4 Å². The van der Waals surface area contributed by atoms with Crippen molar-refractivity contribution in [2.75, 3.05) is 39.9 Å². The number of hydrogen-bond acceptors (Lipinski definition) is 4. The first-order valence-corrected chi connectivity index (χ1v) is 8.27. The van der Waals surface area contributed by atoms with Crippen LogP contribution in [-0.4, -0.2) is 51.0 Å². The number of ether oxygens (including phenoxy) is 2. The predicted molar refractivity (Wildman–Crippen MR) is 93.9 cm³/mol. The standard InChI is InChI=1S/C17H25F3N2O2.ClH/c1-3-24-16-12-13(4-5-15(16)23-2)14(6-7-17(18,19)20)22-10-8-21-9-11-22;/h4-5,12,14,21H,3,6-11H2,1-2H3;1H/t14-;/m1./s1. The number of methoxy groups -OCH3 is 1. The molecule has 0 aliphatic carbocycles. The number of nitrogens with one attached hydrogen (secondary N) is 1. The fraction of sp³-hybridized carbons (Fsp3) is 0.647. The highest BCUT2D eigenvalue weighted by molar-refractivity contribution is 5.85. The maximum absolute atomic E-state index is 12.7. The molecule has 25 heavy (non-hydrogen) atoms. The maximum atomic E-state index is 12.7. The highest BCUT2D eigenvalue weighted by atomic mass is 35.5. The lowest BCUT2D eigenvalue weighted by atomic mass is 9.98. The second-order valence-corrected chi connectivity index (χ2v) is 5.80. The van der Waals surface area contributed by atoms with Crippen LogP contribution in [0.15, 0.2) is 18.2 Å². The van der Waals surface area contributed by atoms with Crippen LogP contribution in [0, 0.1) is 0 Å². The summed E-state index contributed by atoms with van der Waals surface area (Å²) >= 11 is 0. The van der Waals surface area contributed by atoms with E-state index in [0.29, 0.717) is 18.1 Å². The van der Waals surface area contributed by atoms with Gasteiger partial charge in [-0.05, 0) is 31.0 Å². The van der Waals surface area contributed by atoms with Gasteiger partial charge in [-0.3, -0.25) is 4.90 Å². The highest BCUT2D eigenvalue weighted by Crippen LogP contribution is 2.36. The molecule has 1 atom stereocenters. The molecule has 0 spiro atoms. The van der Waals surface area contributed by atoms with Gasteiger partial charge in [0.15, 0.2) is 11.5 Å². The van der Waals surface area contributed by atoms with Crippen LogP contribution >= 0.6 is 12.4 Å². The van der Waals surface area contributed by atoms with E-state index in [0.717, 1.165) is 31.7 Å². The SMILES string of the molecule is CCOc1cc([C@@H](CCC(F)(F)F)N2CCNCC2)ccc1OC.Cl. The van der Waals surface area contributed by atoms with Crippen LogP contribution in [0.1, 0.15) is 31.4 Å². The number of halogens is 4. The Morgan fingerprint density at radius 1 is 1.20 bits per heavy atom. The zero-order valence-electron chi connectivity index (χ0n) is 14.6. The molecule has 1 N–H and O–H groups in total. The Morgan fingerprint density at radius 2 is 1.88 bits per heavy atom. The fourth-order valence-corrected chi connectivity index (χ4v) is 3.02. The molecule has 144 valence electrons. The van der Waals surface area contributed by atoms with Gasteiger partial charge in [-0.2, -0.15) is 13.2 Å². The van der Waals surface area contributed by atoms with Gasteiger partial charge in [-0.25, -0.2) is 0 Å². The summed E-state index contributed by atoms with van der Waals surface area (Å²) in [5.74, 6) is 1.17. The largest absolute Gasteiger partial charge is 0.493 e. The Kier molecular flexibility index (Phi) is 8.82. The van der Waals surface area contributed by atoms with E-state index in [1.54, 1.807) is 13.2 Å². The predicted octanol–water partition coefficient (Wildman–Crippen LogP) is 3.80. The number of piperazine rings is 1. The molecule has 1 aromatic rings. The molecule has 1 aromatic carbocycles. The third-order valence-corrected chi connectivity index (χ3v) is 4.17. The number of nitrogens with zero attached hydrogens (tertiary/aromatic N) is 1. The third kappa shape index (κ3) is 6.56. The van der Waals surface area contributed by atoms with Crippen molar-refractivity contribution in [3.63, 3.8) is 0 Å². The van der Waals surface area contributed by atoms with E-state index >= 15 is 0 Å². The topological polar surface area (TPSA) is 33.7 Å². The average Bonchev–Trinajstić information content (AvgIpc) is 2.55. The van der Waals surface area contributed by atoms with E-state index in [1.165, 1.54) is 0 Å². The van der Waals surface area contributed by atoms with Gasteiger partial charge in [0.1, 0.15) is 0 Å². The van der Waals surface area contributed by atoms with Crippen LogP contribution in [0.3, 0.4) is 0 Å². The van der Waals surface area contributed by atoms with Crippen molar-refractivity contribution in [1.29, 1.82) is 0 Å². The Morgan fingerprint density at radius 3 is 2.44 bits per heavy atom. The Balaban J connectivity index is 0.00000312. The first-order valence-electron chi connectivity index (χ1n) is 8.27. The van der Waals surface area contributed by atoms with Gasteiger partial charge in [0.25, 0.3) is 0 Å². The van der Waals surface area contributed by atoms with E-state index in [4.69, 9.17) is 9.47 Å². The molecule has 1 heterocycles. The van der Waals surface area contributed by atoms with Crippen LogP contribution in [-0.2, 0) is 0 Å². The minimum absolute atomic E-state index is 0. The zero-order valence-corrected chi connectivity index (χ0v) is 15.4. The van der Waals surface area contributed by atoms with Crippen molar-refractivity contribution in [2.24, 2.45) is 0 Å². The van der Waals surface area contributed by atoms with Crippen LogP contribution in [0.2, 0.25) is 0 Å². The molecule has 0 radical (unpaired) electrons. The molecule has 0 saturated carbocycles. The summed E-state index contributed by atoms with van der Waals surface area (Å²) in [5, 5.41) is 3.23.